The van der Waals surface area contributed by atoms with Crippen LogP contribution in [0.1, 0.15) is 39.7 Å². The van der Waals surface area contributed by atoms with Gasteiger partial charge in [-0.25, -0.2) is 0 Å². The van der Waals surface area contributed by atoms with Gasteiger partial charge >= 0.3 is 0 Å². The van der Waals surface area contributed by atoms with Crippen LogP contribution in [0.4, 0.5) is 5.69 Å². The summed E-state index contributed by atoms with van der Waals surface area (Å²) in [7, 11) is 0. The van der Waals surface area contributed by atoms with Crippen LogP contribution in [-0.4, -0.2) is 29.1 Å². The molecule has 5 heteroatoms. The minimum atomic E-state index is -0.640. The molecular formula is C17H26N2O3. The largest absolute Gasteiger partial charge is 0.392 e. The molecule has 0 aliphatic carbocycles. The fourth-order valence-electron chi connectivity index (χ4n) is 1.90. The lowest BCUT2D eigenvalue weighted by Crippen LogP contribution is -2.31. The summed E-state index contributed by atoms with van der Waals surface area (Å²) < 4.78 is 0. The molecule has 1 aromatic carbocycles. The highest BCUT2D eigenvalue weighted by Crippen LogP contribution is 2.12. The Morgan fingerprint density at radius 3 is 2.14 bits per heavy atom. The van der Waals surface area contributed by atoms with E-state index in [1.54, 1.807) is 12.1 Å². The fourth-order valence-corrected chi connectivity index (χ4v) is 1.90. The van der Waals surface area contributed by atoms with E-state index < -0.39 is 6.10 Å². The lowest BCUT2D eigenvalue weighted by molar-refractivity contribution is -0.121. The Kier molecular flexibility index (Phi) is 7.05. The average molecular weight is 306 g/mol. The van der Waals surface area contributed by atoms with Crippen LogP contribution in [0.5, 0.6) is 0 Å². The highest BCUT2D eigenvalue weighted by Gasteiger charge is 2.14. The maximum absolute atomic E-state index is 11.8. The van der Waals surface area contributed by atoms with E-state index in [1.807, 2.05) is 39.8 Å². The summed E-state index contributed by atoms with van der Waals surface area (Å²) in [5, 5.41) is 15.3. The number of aliphatic hydroxyl groups is 1. The Morgan fingerprint density at radius 1 is 1.05 bits per heavy atom. The van der Waals surface area contributed by atoms with Gasteiger partial charge in [0.25, 0.3) is 0 Å². The number of hydrogen-bond donors (Lipinski definition) is 3. The molecule has 0 heterocycles. The van der Waals surface area contributed by atoms with E-state index in [2.05, 4.69) is 10.6 Å². The number of amides is 2. The Balaban J connectivity index is 2.51. The van der Waals surface area contributed by atoms with Crippen molar-refractivity contribution >= 4 is 17.5 Å². The first-order valence-corrected chi connectivity index (χ1v) is 7.64. The Morgan fingerprint density at radius 2 is 1.64 bits per heavy atom. The molecule has 122 valence electrons. The summed E-state index contributed by atoms with van der Waals surface area (Å²) >= 11 is 0. The summed E-state index contributed by atoms with van der Waals surface area (Å²) in [6.07, 6.45) is -0.242. The summed E-state index contributed by atoms with van der Waals surface area (Å²) in [4.78, 5) is 23.4. The van der Waals surface area contributed by atoms with Crippen molar-refractivity contribution < 1.29 is 14.7 Å². The molecule has 1 rings (SSSR count). The van der Waals surface area contributed by atoms with Crippen molar-refractivity contribution in [3.8, 4) is 0 Å². The van der Waals surface area contributed by atoms with Crippen LogP contribution in [0.3, 0.4) is 0 Å². The zero-order valence-corrected chi connectivity index (χ0v) is 13.7. The van der Waals surface area contributed by atoms with E-state index in [-0.39, 0.29) is 30.2 Å². The van der Waals surface area contributed by atoms with Crippen LogP contribution >= 0.6 is 0 Å². The highest BCUT2D eigenvalue weighted by atomic mass is 16.3. The predicted octanol–water partition coefficient (Wildman–Crippen LogP) is 2.10. The Labute approximate surface area is 132 Å². The third kappa shape index (κ3) is 6.72. The molecule has 0 bridgehead atoms. The van der Waals surface area contributed by atoms with Gasteiger partial charge in [0, 0.05) is 11.7 Å². The van der Waals surface area contributed by atoms with Gasteiger partial charge < -0.3 is 15.7 Å². The monoisotopic (exact) mass is 306 g/mol. The van der Waals surface area contributed by atoms with Crippen LogP contribution in [-0.2, 0) is 16.0 Å². The van der Waals surface area contributed by atoms with Gasteiger partial charge in [-0.1, -0.05) is 26.0 Å². The van der Waals surface area contributed by atoms with Crippen molar-refractivity contribution in [3.05, 3.63) is 29.8 Å². The molecule has 0 saturated carbocycles. The van der Waals surface area contributed by atoms with E-state index in [0.717, 1.165) is 5.56 Å². The molecule has 3 N–H and O–H groups in total. The molecule has 1 unspecified atom stereocenters. The van der Waals surface area contributed by atoms with Crippen LogP contribution in [0, 0.1) is 5.92 Å². The molecule has 2 amide bonds. The summed E-state index contributed by atoms with van der Waals surface area (Å²) in [5.41, 5.74) is 1.55. The van der Waals surface area contributed by atoms with Crippen LogP contribution in [0.25, 0.3) is 0 Å². The van der Waals surface area contributed by atoms with Crippen LogP contribution < -0.4 is 10.6 Å². The van der Waals surface area contributed by atoms with Gasteiger partial charge in [0.05, 0.1) is 18.9 Å². The van der Waals surface area contributed by atoms with Gasteiger partial charge in [-0.3, -0.25) is 9.59 Å². The van der Waals surface area contributed by atoms with Gasteiger partial charge in [0.2, 0.25) is 11.8 Å². The second-order valence-corrected chi connectivity index (χ2v) is 6.16. The van der Waals surface area contributed by atoms with Gasteiger partial charge in [0.15, 0.2) is 0 Å². The number of rotatable bonds is 7. The SMILES string of the molecule is CC(C)NC(=O)Cc1ccc(NC(=O)CC(O)C(C)C)cc1. The standard InChI is InChI=1S/C17H26N2O3/c1-11(2)15(20)10-17(22)19-14-7-5-13(6-8-14)9-16(21)18-12(3)4/h5-8,11-12,15,20H,9-10H2,1-4H3,(H,18,21)(H,19,22). The first-order chi connectivity index (χ1) is 10.3. The number of aliphatic hydroxyl groups excluding tert-OH is 1. The van der Waals surface area contributed by atoms with Crippen molar-refractivity contribution in [2.75, 3.05) is 5.32 Å². The number of benzene rings is 1. The summed E-state index contributed by atoms with van der Waals surface area (Å²) in [6, 6.07) is 7.27. The number of carbonyl (C=O) groups is 2. The van der Waals surface area contributed by atoms with E-state index in [9.17, 15) is 14.7 Å². The second-order valence-electron chi connectivity index (χ2n) is 6.16. The zero-order chi connectivity index (χ0) is 16.7. The van der Waals surface area contributed by atoms with Gasteiger partial charge in [-0.15, -0.1) is 0 Å². The van der Waals surface area contributed by atoms with Gasteiger partial charge in [-0.05, 0) is 37.5 Å². The van der Waals surface area contributed by atoms with E-state index >= 15 is 0 Å². The Hall–Kier alpha value is -1.88. The quantitative estimate of drug-likeness (QED) is 0.722. The number of nitrogens with one attached hydrogen (secondary N) is 2. The molecule has 0 fully saturated rings. The third-order valence-electron chi connectivity index (χ3n) is 3.22. The predicted molar refractivity (Wildman–Crippen MR) is 87.5 cm³/mol. The summed E-state index contributed by atoms with van der Waals surface area (Å²) in [6.45, 7) is 7.58. The highest BCUT2D eigenvalue weighted by molar-refractivity contribution is 5.91. The van der Waals surface area contributed by atoms with Crippen LogP contribution in [0.15, 0.2) is 24.3 Å². The molecule has 0 saturated heterocycles. The first kappa shape index (κ1) is 18.2. The minimum Gasteiger partial charge on any atom is -0.392 e. The molecule has 0 spiro atoms. The van der Waals surface area contributed by atoms with E-state index in [0.29, 0.717) is 12.1 Å². The van der Waals surface area contributed by atoms with Crippen LogP contribution in [0.2, 0.25) is 0 Å². The topological polar surface area (TPSA) is 78.4 Å². The normalized spacial score (nSPS) is 12.3. The molecule has 0 radical (unpaired) electrons. The fraction of sp³-hybridized carbons (Fsp3) is 0.529. The van der Waals surface area contributed by atoms with Crippen molar-refractivity contribution in [1.29, 1.82) is 0 Å². The van der Waals surface area contributed by atoms with Crippen molar-refractivity contribution in [3.63, 3.8) is 0 Å². The smallest absolute Gasteiger partial charge is 0.226 e. The third-order valence-corrected chi connectivity index (χ3v) is 3.22. The molecule has 1 atom stereocenters. The van der Waals surface area contributed by atoms with Crippen molar-refractivity contribution in [1.82, 2.24) is 5.32 Å². The number of anilines is 1. The molecule has 0 aliphatic rings. The molecule has 0 aliphatic heterocycles. The molecule has 0 aromatic heterocycles. The van der Waals surface area contributed by atoms with Crippen molar-refractivity contribution in [2.24, 2.45) is 5.92 Å². The maximum Gasteiger partial charge on any atom is 0.226 e. The molecule has 22 heavy (non-hydrogen) atoms. The average Bonchev–Trinajstić information content (AvgIpc) is 2.39. The Bertz CT molecular complexity index is 495. The first-order valence-electron chi connectivity index (χ1n) is 7.64. The molecule has 1 aromatic rings. The maximum atomic E-state index is 11.8. The van der Waals surface area contributed by atoms with Gasteiger partial charge in [-0.2, -0.15) is 0 Å². The lowest BCUT2D eigenvalue weighted by atomic mass is 10.0. The zero-order valence-electron chi connectivity index (χ0n) is 13.7. The molecular weight excluding hydrogens is 280 g/mol. The van der Waals surface area contributed by atoms with Crippen molar-refractivity contribution in [2.45, 2.75) is 52.7 Å². The van der Waals surface area contributed by atoms with Gasteiger partial charge in [0.1, 0.15) is 0 Å². The van der Waals surface area contributed by atoms with E-state index in [4.69, 9.17) is 0 Å². The summed E-state index contributed by atoms with van der Waals surface area (Å²) in [5.74, 6) is -0.189. The molecule has 5 nitrogen and oxygen atoms in total. The number of hydrogen-bond acceptors (Lipinski definition) is 3. The number of carbonyl (C=O) groups excluding carboxylic acids is 2. The second kappa shape index (κ2) is 8.54. The van der Waals surface area contributed by atoms with E-state index in [1.165, 1.54) is 0 Å². The lowest BCUT2D eigenvalue weighted by Gasteiger charge is -2.14. The minimum absolute atomic E-state index is 0.0214.